The zero-order valence-corrected chi connectivity index (χ0v) is 15.1. The van der Waals surface area contributed by atoms with Gasteiger partial charge in [-0.25, -0.2) is 0 Å². The van der Waals surface area contributed by atoms with E-state index in [1.807, 2.05) is 18.2 Å². The summed E-state index contributed by atoms with van der Waals surface area (Å²) in [6.45, 7) is 3.33. The fourth-order valence-electron chi connectivity index (χ4n) is 2.92. The Kier molecular flexibility index (Phi) is 4.50. The van der Waals surface area contributed by atoms with Crippen molar-refractivity contribution in [3.63, 3.8) is 0 Å². The number of benzene rings is 2. The van der Waals surface area contributed by atoms with Crippen LogP contribution in [0.25, 0.3) is 11.5 Å². The lowest BCUT2D eigenvalue weighted by atomic mass is 10.1. The molecule has 1 aliphatic rings. The van der Waals surface area contributed by atoms with Crippen LogP contribution in [0.3, 0.4) is 0 Å². The summed E-state index contributed by atoms with van der Waals surface area (Å²) >= 11 is 0. The number of carbonyl (C=O) groups excluding carboxylic acids is 1. The summed E-state index contributed by atoms with van der Waals surface area (Å²) in [6, 6.07) is 12.9. The summed E-state index contributed by atoms with van der Waals surface area (Å²) in [7, 11) is 1.77. The summed E-state index contributed by atoms with van der Waals surface area (Å²) in [6.07, 6.45) is 0. The van der Waals surface area contributed by atoms with Gasteiger partial charge in [-0.2, -0.15) is 4.98 Å². The number of ether oxygens (including phenoxy) is 2. The Balaban J connectivity index is 1.46. The first-order valence-corrected chi connectivity index (χ1v) is 8.65. The third-order valence-corrected chi connectivity index (χ3v) is 4.28. The van der Waals surface area contributed by atoms with Crippen molar-refractivity contribution in [2.75, 3.05) is 20.3 Å². The molecule has 0 aliphatic carbocycles. The second-order valence-corrected chi connectivity index (χ2v) is 6.36. The molecule has 0 fully saturated rings. The molecule has 0 unspecified atom stereocenters. The Morgan fingerprint density at radius 2 is 1.81 bits per heavy atom. The van der Waals surface area contributed by atoms with Crippen molar-refractivity contribution < 1.29 is 18.8 Å². The zero-order chi connectivity index (χ0) is 18.8. The van der Waals surface area contributed by atoms with Crippen LogP contribution in [0.1, 0.15) is 21.7 Å². The molecule has 0 atom stereocenters. The van der Waals surface area contributed by atoms with E-state index in [-0.39, 0.29) is 5.91 Å². The molecule has 2 heterocycles. The molecule has 7 heteroatoms. The highest BCUT2D eigenvalue weighted by Crippen LogP contribution is 2.31. The number of carbonyl (C=O) groups is 1. The monoisotopic (exact) mass is 365 g/mol. The van der Waals surface area contributed by atoms with Crippen LogP contribution < -0.4 is 9.47 Å². The van der Waals surface area contributed by atoms with E-state index in [0.717, 1.165) is 22.6 Å². The van der Waals surface area contributed by atoms with Gasteiger partial charge in [-0.15, -0.1) is 0 Å². The SMILES string of the molecule is Cc1noc(-c2ccc(C(=O)N(C)Cc3ccc4c(c3)OCCO4)cc2)n1. The lowest BCUT2D eigenvalue weighted by Crippen LogP contribution is -2.26. The first-order valence-electron chi connectivity index (χ1n) is 8.65. The van der Waals surface area contributed by atoms with Gasteiger partial charge in [-0.05, 0) is 48.9 Å². The number of hydrogen-bond donors (Lipinski definition) is 0. The molecule has 0 spiro atoms. The zero-order valence-electron chi connectivity index (χ0n) is 15.1. The highest BCUT2D eigenvalue weighted by atomic mass is 16.6. The van der Waals surface area contributed by atoms with Crippen LogP contribution >= 0.6 is 0 Å². The van der Waals surface area contributed by atoms with Crippen molar-refractivity contribution in [1.29, 1.82) is 0 Å². The van der Waals surface area contributed by atoms with Gasteiger partial charge in [-0.3, -0.25) is 4.79 Å². The minimum absolute atomic E-state index is 0.0712. The maximum atomic E-state index is 12.7. The molecule has 27 heavy (non-hydrogen) atoms. The number of nitrogens with zero attached hydrogens (tertiary/aromatic N) is 3. The molecule has 1 amide bonds. The van der Waals surface area contributed by atoms with Crippen LogP contribution in [0.5, 0.6) is 11.5 Å². The van der Waals surface area contributed by atoms with E-state index in [1.165, 1.54) is 0 Å². The van der Waals surface area contributed by atoms with Gasteiger partial charge >= 0.3 is 0 Å². The summed E-state index contributed by atoms with van der Waals surface area (Å²) in [5, 5.41) is 3.78. The molecule has 1 aliphatic heterocycles. The number of hydrogen-bond acceptors (Lipinski definition) is 6. The maximum absolute atomic E-state index is 12.7. The second-order valence-electron chi connectivity index (χ2n) is 6.36. The van der Waals surface area contributed by atoms with Gasteiger partial charge in [0.15, 0.2) is 17.3 Å². The third kappa shape index (κ3) is 3.62. The summed E-state index contributed by atoms with van der Waals surface area (Å²) < 4.78 is 16.3. The van der Waals surface area contributed by atoms with Gasteiger partial charge in [-0.1, -0.05) is 11.2 Å². The Bertz CT molecular complexity index is 966. The largest absolute Gasteiger partial charge is 0.486 e. The van der Waals surface area contributed by atoms with Crippen LogP contribution in [-0.4, -0.2) is 41.2 Å². The van der Waals surface area contributed by atoms with Crippen molar-refractivity contribution in [2.45, 2.75) is 13.5 Å². The lowest BCUT2D eigenvalue weighted by molar-refractivity contribution is 0.0785. The van der Waals surface area contributed by atoms with E-state index in [2.05, 4.69) is 10.1 Å². The topological polar surface area (TPSA) is 77.7 Å². The molecule has 0 radical (unpaired) electrons. The number of aromatic nitrogens is 2. The van der Waals surface area contributed by atoms with Crippen LogP contribution in [0.2, 0.25) is 0 Å². The minimum Gasteiger partial charge on any atom is -0.486 e. The standard InChI is InChI=1S/C20H19N3O4/c1-13-21-19(27-22-13)15-4-6-16(7-5-15)20(24)23(2)12-14-3-8-17-18(11-14)26-10-9-25-17/h3-8,11H,9-10,12H2,1-2H3. The van der Waals surface area contributed by atoms with Crippen molar-refractivity contribution >= 4 is 5.91 Å². The van der Waals surface area contributed by atoms with E-state index in [1.54, 1.807) is 43.1 Å². The van der Waals surface area contributed by atoms with Gasteiger partial charge in [0.05, 0.1) is 0 Å². The van der Waals surface area contributed by atoms with E-state index in [0.29, 0.717) is 37.0 Å². The van der Waals surface area contributed by atoms with Gasteiger partial charge < -0.3 is 18.9 Å². The molecular weight excluding hydrogens is 346 g/mol. The van der Waals surface area contributed by atoms with Crippen molar-refractivity contribution in [3.05, 3.63) is 59.4 Å². The Hall–Kier alpha value is -3.35. The minimum atomic E-state index is -0.0712. The first-order chi connectivity index (χ1) is 13.1. The molecule has 0 saturated carbocycles. The quantitative estimate of drug-likeness (QED) is 0.707. The van der Waals surface area contributed by atoms with Gasteiger partial charge in [0.1, 0.15) is 13.2 Å². The lowest BCUT2D eigenvalue weighted by Gasteiger charge is -2.21. The Morgan fingerprint density at radius 3 is 2.52 bits per heavy atom. The fraction of sp³-hybridized carbons (Fsp3) is 0.250. The molecule has 0 saturated heterocycles. The number of fused-ring (bicyclic) bond motifs is 1. The van der Waals surface area contributed by atoms with Crippen LogP contribution in [0.4, 0.5) is 0 Å². The summed E-state index contributed by atoms with van der Waals surface area (Å²) in [4.78, 5) is 18.6. The maximum Gasteiger partial charge on any atom is 0.257 e. The molecular formula is C20H19N3O4. The van der Waals surface area contributed by atoms with Gasteiger partial charge in [0.2, 0.25) is 0 Å². The first kappa shape index (κ1) is 17.1. The smallest absolute Gasteiger partial charge is 0.257 e. The van der Waals surface area contributed by atoms with Crippen molar-refractivity contribution in [2.24, 2.45) is 0 Å². The summed E-state index contributed by atoms with van der Waals surface area (Å²) in [5.74, 6) is 2.41. The molecule has 3 aromatic rings. The van der Waals surface area contributed by atoms with Crippen LogP contribution in [0.15, 0.2) is 47.0 Å². The number of aryl methyl sites for hydroxylation is 1. The van der Waals surface area contributed by atoms with E-state index in [9.17, 15) is 4.79 Å². The average molecular weight is 365 g/mol. The van der Waals surface area contributed by atoms with Gasteiger partial charge in [0.25, 0.3) is 11.8 Å². The normalized spacial score (nSPS) is 12.7. The number of amides is 1. The Morgan fingerprint density at radius 1 is 1.07 bits per heavy atom. The molecule has 0 N–H and O–H groups in total. The van der Waals surface area contributed by atoms with Gasteiger partial charge in [0, 0.05) is 24.7 Å². The summed E-state index contributed by atoms with van der Waals surface area (Å²) in [5.41, 5.74) is 2.35. The Labute approximate surface area is 156 Å². The molecule has 138 valence electrons. The van der Waals surface area contributed by atoms with Crippen molar-refractivity contribution in [3.8, 4) is 23.0 Å². The highest BCUT2D eigenvalue weighted by molar-refractivity contribution is 5.94. The van der Waals surface area contributed by atoms with Crippen LogP contribution in [-0.2, 0) is 6.54 Å². The molecule has 0 bridgehead atoms. The highest BCUT2D eigenvalue weighted by Gasteiger charge is 2.16. The van der Waals surface area contributed by atoms with E-state index < -0.39 is 0 Å². The number of rotatable bonds is 4. The predicted molar refractivity (Wildman–Crippen MR) is 97.7 cm³/mol. The predicted octanol–water partition coefficient (Wildman–Crippen LogP) is 3.09. The molecule has 1 aromatic heterocycles. The molecule has 7 nitrogen and oxygen atoms in total. The third-order valence-electron chi connectivity index (χ3n) is 4.28. The van der Waals surface area contributed by atoms with E-state index >= 15 is 0 Å². The van der Waals surface area contributed by atoms with Crippen molar-refractivity contribution in [1.82, 2.24) is 15.0 Å². The fourth-order valence-corrected chi connectivity index (χ4v) is 2.92. The average Bonchev–Trinajstić information content (AvgIpc) is 3.14. The van der Waals surface area contributed by atoms with Crippen LogP contribution in [0, 0.1) is 6.92 Å². The van der Waals surface area contributed by atoms with E-state index in [4.69, 9.17) is 14.0 Å². The second kappa shape index (κ2) is 7.11. The molecule has 4 rings (SSSR count). The molecule has 2 aromatic carbocycles.